The molecule has 3 rings (SSSR count). The van der Waals surface area contributed by atoms with Crippen LogP contribution in [0.3, 0.4) is 0 Å². The third-order valence-corrected chi connectivity index (χ3v) is 5.07. The number of fused-ring (bicyclic) bond motifs is 1. The molecule has 2 amide bonds. The molecule has 122 valence electrons. The first-order valence-corrected chi connectivity index (χ1v) is 8.63. The molecule has 1 aliphatic heterocycles. The van der Waals surface area contributed by atoms with E-state index in [0.29, 0.717) is 17.8 Å². The van der Waals surface area contributed by atoms with Crippen LogP contribution in [0.5, 0.6) is 0 Å². The van der Waals surface area contributed by atoms with Gasteiger partial charge in [0, 0.05) is 23.3 Å². The molecule has 1 aliphatic rings. The lowest BCUT2D eigenvalue weighted by atomic mass is 10.1. The Kier molecular flexibility index (Phi) is 4.37. The van der Waals surface area contributed by atoms with Gasteiger partial charge in [-0.1, -0.05) is 18.2 Å². The van der Waals surface area contributed by atoms with Crippen LogP contribution in [0.2, 0.25) is 0 Å². The van der Waals surface area contributed by atoms with Gasteiger partial charge in [-0.15, -0.1) is 11.3 Å². The maximum atomic E-state index is 12.9. The molecular formula is C17H21N3O2S. The zero-order chi connectivity index (χ0) is 16.6. The van der Waals surface area contributed by atoms with E-state index in [2.05, 4.69) is 5.32 Å². The van der Waals surface area contributed by atoms with Gasteiger partial charge in [-0.3, -0.25) is 9.59 Å². The fourth-order valence-corrected chi connectivity index (χ4v) is 3.97. The van der Waals surface area contributed by atoms with Gasteiger partial charge < -0.3 is 16.0 Å². The van der Waals surface area contributed by atoms with Crippen molar-refractivity contribution in [3.63, 3.8) is 0 Å². The van der Waals surface area contributed by atoms with Gasteiger partial charge in [-0.2, -0.15) is 0 Å². The zero-order valence-corrected chi connectivity index (χ0v) is 14.1. The van der Waals surface area contributed by atoms with Crippen LogP contribution in [0.15, 0.2) is 30.3 Å². The van der Waals surface area contributed by atoms with Crippen molar-refractivity contribution in [3.05, 3.63) is 35.2 Å². The average Bonchev–Trinajstić information content (AvgIpc) is 3.09. The van der Waals surface area contributed by atoms with Crippen LogP contribution < -0.4 is 11.1 Å². The molecule has 0 radical (unpaired) electrons. The summed E-state index contributed by atoms with van der Waals surface area (Å²) >= 11 is 1.46. The summed E-state index contributed by atoms with van der Waals surface area (Å²) in [6, 6.07) is 9.19. The summed E-state index contributed by atoms with van der Waals surface area (Å²) in [4.78, 5) is 27.5. The van der Waals surface area contributed by atoms with Crippen LogP contribution in [-0.2, 0) is 4.79 Å². The molecule has 2 atom stereocenters. The van der Waals surface area contributed by atoms with E-state index in [1.807, 2.05) is 44.2 Å². The molecule has 1 aromatic carbocycles. The van der Waals surface area contributed by atoms with Crippen molar-refractivity contribution in [1.29, 1.82) is 0 Å². The number of thiophene rings is 1. The van der Waals surface area contributed by atoms with Gasteiger partial charge in [0.15, 0.2) is 0 Å². The molecule has 2 heterocycles. The molecule has 6 heteroatoms. The number of rotatable bonds is 3. The first kappa shape index (κ1) is 16.0. The fourth-order valence-electron chi connectivity index (χ4n) is 2.95. The highest BCUT2D eigenvalue weighted by Crippen LogP contribution is 2.28. The number of nitrogens with two attached hydrogens (primary N) is 1. The number of benzene rings is 1. The zero-order valence-electron chi connectivity index (χ0n) is 13.3. The van der Waals surface area contributed by atoms with Gasteiger partial charge in [0.1, 0.15) is 6.04 Å². The van der Waals surface area contributed by atoms with Gasteiger partial charge in [-0.25, -0.2) is 0 Å². The standard InChI is InChI=1S/C17H21N3O2S/c1-10(2)19-16(21)13-8-12(18)9-20(13)17(22)15-7-11-5-3-4-6-14(11)23-15/h3-7,10,12-13H,8-9,18H2,1-2H3,(H,19,21)/t12-,13-/m0/s1. The molecule has 1 fully saturated rings. The predicted molar refractivity (Wildman–Crippen MR) is 92.5 cm³/mol. The van der Waals surface area contributed by atoms with E-state index in [1.54, 1.807) is 4.90 Å². The Hall–Kier alpha value is -1.92. The maximum Gasteiger partial charge on any atom is 0.264 e. The number of hydrogen-bond donors (Lipinski definition) is 2. The highest BCUT2D eigenvalue weighted by atomic mass is 32.1. The van der Waals surface area contributed by atoms with Crippen molar-refractivity contribution >= 4 is 33.2 Å². The van der Waals surface area contributed by atoms with Gasteiger partial charge in [0.2, 0.25) is 5.91 Å². The summed E-state index contributed by atoms with van der Waals surface area (Å²) in [5, 5.41) is 3.93. The van der Waals surface area contributed by atoms with Crippen molar-refractivity contribution in [3.8, 4) is 0 Å². The third-order valence-electron chi connectivity index (χ3n) is 3.96. The molecule has 3 N–H and O–H groups in total. The Morgan fingerprint density at radius 1 is 1.35 bits per heavy atom. The number of nitrogens with one attached hydrogen (secondary N) is 1. The summed E-state index contributed by atoms with van der Waals surface area (Å²) in [5.41, 5.74) is 6.00. The summed E-state index contributed by atoms with van der Waals surface area (Å²) in [7, 11) is 0. The number of nitrogens with zero attached hydrogens (tertiary/aromatic N) is 1. The van der Waals surface area contributed by atoms with E-state index in [0.717, 1.165) is 10.1 Å². The van der Waals surface area contributed by atoms with Crippen LogP contribution in [0, 0.1) is 0 Å². The molecule has 1 saturated heterocycles. The first-order valence-electron chi connectivity index (χ1n) is 7.81. The molecule has 1 aromatic heterocycles. The second-order valence-corrected chi connectivity index (χ2v) is 7.36. The van der Waals surface area contributed by atoms with Crippen molar-refractivity contribution in [2.45, 2.75) is 38.4 Å². The number of likely N-dealkylation sites (tertiary alicyclic amines) is 1. The Bertz CT molecular complexity index is 707. The fraction of sp³-hybridized carbons (Fsp3) is 0.412. The Balaban J connectivity index is 1.85. The minimum atomic E-state index is -0.481. The highest BCUT2D eigenvalue weighted by Gasteiger charge is 2.39. The average molecular weight is 331 g/mol. The smallest absolute Gasteiger partial charge is 0.264 e. The lowest BCUT2D eigenvalue weighted by molar-refractivity contribution is -0.125. The SMILES string of the molecule is CC(C)NC(=O)[C@@H]1C[C@H](N)CN1C(=O)c1cc2ccccc2s1. The van der Waals surface area contributed by atoms with E-state index < -0.39 is 6.04 Å². The van der Waals surface area contributed by atoms with Gasteiger partial charge in [0.05, 0.1) is 4.88 Å². The summed E-state index contributed by atoms with van der Waals surface area (Å²) < 4.78 is 1.07. The topological polar surface area (TPSA) is 75.4 Å². The lowest BCUT2D eigenvalue weighted by Crippen LogP contribution is -2.47. The maximum absolute atomic E-state index is 12.9. The predicted octanol–water partition coefficient (Wildman–Crippen LogP) is 1.97. The molecule has 5 nitrogen and oxygen atoms in total. The molecule has 0 bridgehead atoms. The molecule has 2 aromatic rings. The summed E-state index contributed by atoms with van der Waals surface area (Å²) in [5.74, 6) is -0.231. The molecule has 0 aliphatic carbocycles. The number of hydrogen-bond acceptors (Lipinski definition) is 4. The minimum absolute atomic E-state index is 0.0422. The van der Waals surface area contributed by atoms with Crippen LogP contribution in [0.25, 0.3) is 10.1 Å². The van der Waals surface area contributed by atoms with Gasteiger partial charge >= 0.3 is 0 Å². The van der Waals surface area contributed by atoms with E-state index in [4.69, 9.17) is 5.73 Å². The Morgan fingerprint density at radius 2 is 2.09 bits per heavy atom. The largest absolute Gasteiger partial charge is 0.352 e. The van der Waals surface area contributed by atoms with E-state index >= 15 is 0 Å². The molecular weight excluding hydrogens is 310 g/mol. The monoisotopic (exact) mass is 331 g/mol. The van der Waals surface area contributed by atoms with Crippen LogP contribution >= 0.6 is 11.3 Å². The third kappa shape index (κ3) is 3.23. The first-order chi connectivity index (χ1) is 11.0. The van der Waals surface area contributed by atoms with E-state index in [-0.39, 0.29) is 23.9 Å². The summed E-state index contributed by atoms with van der Waals surface area (Å²) in [6.45, 7) is 4.24. The van der Waals surface area contributed by atoms with E-state index in [1.165, 1.54) is 11.3 Å². The molecule has 0 spiro atoms. The summed E-state index contributed by atoms with van der Waals surface area (Å²) in [6.07, 6.45) is 0.509. The Morgan fingerprint density at radius 3 is 2.78 bits per heavy atom. The molecule has 23 heavy (non-hydrogen) atoms. The van der Waals surface area contributed by atoms with Crippen molar-refractivity contribution < 1.29 is 9.59 Å². The van der Waals surface area contributed by atoms with E-state index in [9.17, 15) is 9.59 Å². The van der Waals surface area contributed by atoms with Crippen molar-refractivity contribution in [1.82, 2.24) is 10.2 Å². The normalized spacial score (nSPS) is 21.1. The van der Waals surface area contributed by atoms with Crippen molar-refractivity contribution in [2.75, 3.05) is 6.54 Å². The lowest BCUT2D eigenvalue weighted by Gasteiger charge is -2.24. The van der Waals surface area contributed by atoms with Crippen molar-refractivity contribution in [2.24, 2.45) is 5.73 Å². The number of carbonyl (C=O) groups is 2. The minimum Gasteiger partial charge on any atom is -0.352 e. The highest BCUT2D eigenvalue weighted by molar-refractivity contribution is 7.20. The van der Waals surface area contributed by atoms with Crippen LogP contribution in [0.4, 0.5) is 0 Å². The molecule has 0 saturated carbocycles. The molecule has 0 unspecified atom stereocenters. The van der Waals surface area contributed by atoms with Crippen LogP contribution in [0.1, 0.15) is 29.9 Å². The van der Waals surface area contributed by atoms with Gasteiger partial charge in [0.25, 0.3) is 5.91 Å². The number of carbonyl (C=O) groups excluding carboxylic acids is 2. The quantitative estimate of drug-likeness (QED) is 0.903. The second-order valence-electron chi connectivity index (χ2n) is 6.28. The Labute approximate surface area is 139 Å². The number of amides is 2. The van der Waals surface area contributed by atoms with Crippen LogP contribution in [-0.4, -0.2) is 41.4 Å². The second kappa shape index (κ2) is 6.29. The van der Waals surface area contributed by atoms with Gasteiger partial charge in [-0.05, 0) is 37.8 Å².